The molecule has 1 saturated heterocycles. The number of guanidine groups is 1. The highest BCUT2D eigenvalue weighted by Crippen LogP contribution is 2.31. The van der Waals surface area contributed by atoms with Crippen LogP contribution >= 0.6 is 0 Å². The van der Waals surface area contributed by atoms with E-state index in [9.17, 15) is 0 Å². The first-order valence-corrected chi connectivity index (χ1v) is 11.1. The number of H-pyrrole nitrogens is 1. The standard InChI is InChI=1S/C23H37N5O2/c1-5-24-23(26-15-17-8-7-11-28(2)16-17)25-10-6-9-18-12-20-21(27-18)13-19(29-3)14-22(20)30-4/h12-14,17,27H,5-11,15-16H2,1-4H3,(H2,24,25,26). The molecule has 0 bridgehead atoms. The summed E-state index contributed by atoms with van der Waals surface area (Å²) in [6.07, 6.45) is 4.53. The number of nitrogens with zero attached hydrogens (tertiary/aromatic N) is 2. The van der Waals surface area contributed by atoms with Crippen LogP contribution in [0, 0.1) is 5.92 Å². The van der Waals surface area contributed by atoms with Gasteiger partial charge >= 0.3 is 0 Å². The second-order valence-corrected chi connectivity index (χ2v) is 8.11. The van der Waals surface area contributed by atoms with Crippen molar-refractivity contribution in [2.45, 2.75) is 32.6 Å². The number of rotatable bonds is 9. The molecule has 3 N–H and O–H groups in total. The molecule has 1 unspecified atom stereocenters. The predicted molar refractivity (Wildman–Crippen MR) is 124 cm³/mol. The van der Waals surface area contributed by atoms with Gasteiger partial charge in [-0.2, -0.15) is 0 Å². The fourth-order valence-electron chi connectivity index (χ4n) is 4.13. The molecule has 0 aliphatic carbocycles. The van der Waals surface area contributed by atoms with E-state index in [0.717, 1.165) is 67.4 Å². The Kier molecular flexibility index (Phi) is 8.25. The minimum Gasteiger partial charge on any atom is -0.497 e. The molecule has 0 radical (unpaired) electrons. The second kappa shape index (κ2) is 11.1. The number of benzene rings is 1. The van der Waals surface area contributed by atoms with Crippen molar-refractivity contribution in [1.29, 1.82) is 0 Å². The summed E-state index contributed by atoms with van der Waals surface area (Å²) in [7, 11) is 5.57. The van der Waals surface area contributed by atoms with Crippen LogP contribution in [0.15, 0.2) is 23.2 Å². The van der Waals surface area contributed by atoms with Crippen molar-refractivity contribution in [1.82, 2.24) is 20.5 Å². The quantitative estimate of drug-likeness (QED) is 0.334. The van der Waals surface area contributed by atoms with Crippen molar-refractivity contribution < 1.29 is 9.47 Å². The van der Waals surface area contributed by atoms with Crippen LogP contribution in [0.5, 0.6) is 11.5 Å². The smallest absolute Gasteiger partial charge is 0.191 e. The van der Waals surface area contributed by atoms with E-state index in [1.54, 1.807) is 14.2 Å². The lowest BCUT2D eigenvalue weighted by Crippen LogP contribution is -2.39. The first kappa shape index (κ1) is 22.3. The van der Waals surface area contributed by atoms with Crippen LogP contribution in [0.3, 0.4) is 0 Å². The van der Waals surface area contributed by atoms with Crippen LogP contribution in [-0.4, -0.2) is 69.8 Å². The summed E-state index contributed by atoms with van der Waals surface area (Å²) in [4.78, 5) is 10.7. The molecule has 0 amide bonds. The van der Waals surface area contributed by atoms with Gasteiger partial charge in [0.2, 0.25) is 0 Å². The van der Waals surface area contributed by atoms with Gasteiger partial charge in [0.25, 0.3) is 0 Å². The Bertz CT molecular complexity index is 832. The second-order valence-electron chi connectivity index (χ2n) is 8.11. The number of aromatic nitrogens is 1. The Hall–Kier alpha value is -2.41. The lowest BCUT2D eigenvalue weighted by molar-refractivity contribution is 0.214. The highest BCUT2D eigenvalue weighted by atomic mass is 16.5. The van der Waals surface area contributed by atoms with E-state index in [-0.39, 0.29) is 0 Å². The molecule has 166 valence electrons. The molecule has 0 spiro atoms. The van der Waals surface area contributed by atoms with Gasteiger partial charge in [-0.15, -0.1) is 0 Å². The van der Waals surface area contributed by atoms with E-state index >= 15 is 0 Å². The van der Waals surface area contributed by atoms with Crippen molar-refractivity contribution in [3.8, 4) is 11.5 Å². The molecule has 30 heavy (non-hydrogen) atoms. The zero-order valence-electron chi connectivity index (χ0n) is 18.9. The number of aliphatic imine (C=N–C) groups is 1. The molecular weight excluding hydrogens is 378 g/mol. The minimum atomic E-state index is 0.664. The fraction of sp³-hybridized carbons (Fsp3) is 0.609. The maximum atomic E-state index is 5.51. The lowest BCUT2D eigenvalue weighted by atomic mass is 9.99. The van der Waals surface area contributed by atoms with E-state index in [1.807, 2.05) is 12.1 Å². The molecule has 3 rings (SSSR count). The van der Waals surface area contributed by atoms with E-state index in [0.29, 0.717) is 5.92 Å². The van der Waals surface area contributed by atoms with Gasteiger partial charge in [-0.1, -0.05) is 0 Å². The fourth-order valence-corrected chi connectivity index (χ4v) is 4.13. The molecule has 1 atom stereocenters. The number of nitrogens with one attached hydrogen (secondary N) is 3. The molecule has 7 nitrogen and oxygen atoms in total. The number of aryl methyl sites for hydroxylation is 1. The van der Waals surface area contributed by atoms with Gasteiger partial charge in [0, 0.05) is 49.4 Å². The van der Waals surface area contributed by atoms with E-state index < -0.39 is 0 Å². The molecule has 2 aromatic rings. The van der Waals surface area contributed by atoms with Gasteiger partial charge in [0.05, 0.1) is 19.7 Å². The van der Waals surface area contributed by atoms with Crippen LogP contribution in [-0.2, 0) is 6.42 Å². The predicted octanol–water partition coefficient (Wildman–Crippen LogP) is 3.01. The maximum absolute atomic E-state index is 5.51. The molecule has 1 aromatic carbocycles. The first-order valence-electron chi connectivity index (χ1n) is 11.1. The maximum Gasteiger partial charge on any atom is 0.191 e. The van der Waals surface area contributed by atoms with Gasteiger partial charge in [-0.05, 0) is 58.2 Å². The largest absolute Gasteiger partial charge is 0.497 e. The SMILES string of the molecule is CCNC(=NCC1CCCN(C)C1)NCCCc1cc2c(OC)cc(OC)cc2[nH]1. The van der Waals surface area contributed by atoms with Gasteiger partial charge < -0.3 is 30.0 Å². The summed E-state index contributed by atoms with van der Waals surface area (Å²) in [5, 5.41) is 7.94. The summed E-state index contributed by atoms with van der Waals surface area (Å²) in [5.41, 5.74) is 2.24. The average Bonchev–Trinajstić information content (AvgIpc) is 3.17. The molecule has 1 aromatic heterocycles. The number of piperidine rings is 1. The molecule has 1 aliphatic rings. The summed E-state index contributed by atoms with van der Waals surface area (Å²) in [6.45, 7) is 7.12. The monoisotopic (exact) mass is 415 g/mol. The van der Waals surface area contributed by atoms with Crippen molar-refractivity contribution in [2.75, 3.05) is 54.0 Å². The van der Waals surface area contributed by atoms with Crippen LogP contribution in [0.1, 0.15) is 31.9 Å². The highest BCUT2D eigenvalue weighted by Gasteiger charge is 2.16. The third kappa shape index (κ3) is 6.05. The molecule has 1 fully saturated rings. The lowest BCUT2D eigenvalue weighted by Gasteiger charge is -2.28. The molecule has 2 heterocycles. The highest BCUT2D eigenvalue weighted by molar-refractivity contribution is 5.88. The number of fused-ring (bicyclic) bond motifs is 1. The van der Waals surface area contributed by atoms with E-state index in [1.165, 1.54) is 25.1 Å². The topological polar surface area (TPSA) is 73.9 Å². The Morgan fingerprint density at radius 1 is 1.23 bits per heavy atom. The number of hydrogen-bond acceptors (Lipinski definition) is 4. The van der Waals surface area contributed by atoms with Crippen LogP contribution < -0.4 is 20.1 Å². The Balaban J connectivity index is 1.51. The van der Waals surface area contributed by atoms with Crippen LogP contribution in [0.4, 0.5) is 0 Å². The number of likely N-dealkylation sites (tertiary alicyclic amines) is 1. The third-order valence-electron chi connectivity index (χ3n) is 5.67. The third-order valence-corrected chi connectivity index (χ3v) is 5.67. The Morgan fingerprint density at radius 3 is 2.83 bits per heavy atom. The normalized spacial score (nSPS) is 17.9. The van der Waals surface area contributed by atoms with Gasteiger partial charge in [0.15, 0.2) is 5.96 Å². The van der Waals surface area contributed by atoms with Gasteiger partial charge in [0.1, 0.15) is 11.5 Å². The zero-order valence-corrected chi connectivity index (χ0v) is 18.9. The number of methoxy groups -OCH3 is 2. The van der Waals surface area contributed by atoms with Crippen molar-refractivity contribution >= 4 is 16.9 Å². The number of hydrogen-bond donors (Lipinski definition) is 3. The van der Waals surface area contributed by atoms with Crippen LogP contribution in [0.25, 0.3) is 10.9 Å². The van der Waals surface area contributed by atoms with Gasteiger partial charge in [-0.3, -0.25) is 4.99 Å². The van der Waals surface area contributed by atoms with Gasteiger partial charge in [-0.25, -0.2) is 0 Å². The summed E-state index contributed by atoms with van der Waals surface area (Å²) in [6, 6.07) is 6.11. The molecule has 7 heteroatoms. The Labute approximate surface area is 180 Å². The Morgan fingerprint density at radius 2 is 2.10 bits per heavy atom. The minimum absolute atomic E-state index is 0.664. The zero-order chi connectivity index (χ0) is 21.3. The van der Waals surface area contributed by atoms with Crippen LogP contribution in [0.2, 0.25) is 0 Å². The van der Waals surface area contributed by atoms with Crippen molar-refractivity contribution in [3.63, 3.8) is 0 Å². The molecular formula is C23H37N5O2. The summed E-state index contributed by atoms with van der Waals surface area (Å²) < 4.78 is 10.9. The van der Waals surface area contributed by atoms with E-state index in [4.69, 9.17) is 14.5 Å². The molecule has 0 saturated carbocycles. The summed E-state index contributed by atoms with van der Waals surface area (Å²) in [5.74, 6) is 3.22. The molecule has 1 aliphatic heterocycles. The number of aromatic amines is 1. The van der Waals surface area contributed by atoms with Crippen molar-refractivity contribution in [3.05, 3.63) is 23.9 Å². The average molecular weight is 416 g/mol. The number of ether oxygens (including phenoxy) is 2. The summed E-state index contributed by atoms with van der Waals surface area (Å²) >= 11 is 0. The first-order chi connectivity index (χ1) is 14.6. The van der Waals surface area contributed by atoms with Crippen molar-refractivity contribution in [2.24, 2.45) is 10.9 Å². The van der Waals surface area contributed by atoms with E-state index in [2.05, 4.69) is 40.6 Å².